The lowest BCUT2D eigenvalue weighted by Crippen LogP contribution is -2.25. The maximum absolute atomic E-state index is 5.76. The molecule has 1 saturated heterocycles. The molecular formula is C25H28N2O2S. The first-order valence-electron chi connectivity index (χ1n) is 10.4. The molecule has 0 amide bonds. The molecule has 1 heterocycles. The molecule has 4 rings (SSSR count). The molecule has 1 unspecified atom stereocenters. The van der Waals surface area contributed by atoms with Crippen LogP contribution in [0, 0.1) is 0 Å². The summed E-state index contributed by atoms with van der Waals surface area (Å²) >= 11 is 1.70. The first kappa shape index (κ1) is 20.9. The Morgan fingerprint density at radius 1 is 0.933 bits per heavy atom. The van der Waals surface area contributed by atoms with Crippen molar-refractivity contribution >= 4 is 17.6 Å². The van der Waals surface area contributed by atoms with Crippen LogP contribution >= 0.6 is 11.9 Å². The van der Waals surface area contributed by atoms with Crippen LogP contribution in [0.5, 0.6) is 0 Å². The predicted octanol–water partition coefficient (Wildman–Crippen LogP) is 6.36. The minimum Gasteiger partial charge on any atom is -0.350 e. The highest BCUT2D eigenvalue weighted by Crippen LogP contribution is 2.31. The average molecular weight is 421 g/mol. The Kier molecular flexibility index (Phi) is 7.43. The molecule has 0 spiro atoms. The molecule has 156 valence electrons. The van der Waals surface area contributed by atoms with Gasteiger partial charge < -0.3 is 4.74 Å². The molecule has 0 aliphatic carbocycles. The number of nitrogens with zero attached hydrogens (tertiary/aromatic N) is 1. The number of benzene rings is 3. The van der Waals surface area contributed by atoms with Crippen molar-refractivity contribution in [3.05, 3.63) is 84.4 Å². The zero-order valence-corrected chi connectivity index (χ0v) is 18.1. The second-order valence-corrected chi connectivity index (χ2v) is 8.70. The number of rotatable bonds is 8. The van der Waals surface area contributed by atoms with Crippen molar-refractivity contribution in [1.29, 1.82) is 0 Å². The van der Waals surface area contributed by atoms with Crippen LogP contribution in [0.4, 0.5) is 5.69 Å². The lowest BCUT2D eigenvalue weighted by atomic mass is 10.0. The first-order chi connectivity index (χ1) is 14.8. The fourth-order valence-electron chi connectivity index (χ4n) is 3.45. The van der Waals surface area contributed by atoms with Gasteiger partial charge in [-0.2, -0.15) is 0 Å². The van der Waals surface area contributed by atoms with E-state index in [4.69, 9.17) is 9.57 Å². The summed E-state index contributed by atoms with van der Waals surface area (Å²) in [4.78, 5) is 6.88. The van der Waals surface area contributed by atoms with Gasteiger partial charge in [-0.3, -0.25) is 5.48 Å². The van der Waals surface area contributed by atoms with Crippen molar-refractivity contribution in [2.75, 3.05) is 19.1 Å². The summed E-state index contributed by atoms with van der Waals surface area (Å²) < 4.78 is 7.87. The Labute approximate surface area is 183 Å². The highest BCUT2D eigenvalue weighted by Gasteiger charge is 2.15. The third-order valence-electron chi connectivity index (χ3n) is 5.05. The number of anilines is 1. The normalized spacial score (nSPS) is 16.5. The molecule has 1 N–H and O–H groups in total. The molecule has 1 atom stereocenters. The van der Waals surface area contributed by atoms with Gasteiger partial charge in [0.15, 0.2) is 6.29 Å². The van der Waals surface area contributed by atoms with Gasteiger partial charge in [-0.1, -0.05) is 66.7 Å². The van der Waals surface area contributed by atoms with Gasteiger partial charge in [-0.05, 0) is 60.7 Å². The van der Waals surface area contributed by atoms with Gasteiger partial charge in [0.05, 0.1) is 5.69 Å². The monoisotopic (exact) mass is 420 g/mol. The van der Waals surface area contributed by atoms with Crippen LogP contribution in [-0.4, -0.2) is 24.2 Å². The maximum Gasteiger partial charge on any atom is 0.183 e. The van der Waals surface area contributed by atoms with Gasteiger partial charge in [0.25, 0.3) is 0 Å². The molecule has 0 saturated carbocycles. The Hall–Kier alpha value is -2.31. The molecule has 0 aromatic heterocycles. The Morgan fingerprint density at radius 3 is 2.43 bits per heavy atom. The molecular weight excluding hydrogens is 392 g/mol. The fraction of sp³-hybridized carbons (Fsp3) is 0.280. The third-order valence-corrected chi connectivity index (χ3v) is 6.04. The minimum atomic E-state index is -0.169. The molecule has 0 bridgehead atoms. The van der Waals surface area contributed by atoms with Gasteiger partial charge in [0, 0.05) is 24.5 Å². The quantitative estimate of drug-likeness (QED) is 0.339. The average Bonchev–Trinajstić information content (AvgIpc) is 2.80. The van der Waals surface area contributed by atoms with E-state index < -0.39 is 0 Å². The molecule has 3 aromatic rings. The van der Waals surface area contributed by atoms with E-state index in [1.54, 1.807) is 11.9 Å². The highest BCUT2D eigenvalue weighted by molar-refractivity contribution is 7.97. The van der Waals surface area contributed by atoms with E-state index in [1.807, 2.05) is 24.3 Å². The van der Waals surface area contributed by atoms with Crippen LogP contribution < -0.4 is 5.48 Å². The van der Waals surface area contributed by atoms with Gasteiger partial charge in [-0.15, -0.1) is 0 Å². The zero-order chi connectivity index (χ0) is 20.6. The van der Waals surface area contributed by atoms with Gasteiger partial charge in [0.1, 0.15) is 0 Å². The summed E-state index contributed by atoms with van der Waals surface area (Å²) in [6.45, 7) is 1.62. The van der Waals surface area contributed by atoms with Crippen molar-refractivity contribution < 1.29 is 9.57 Å². The summed E-state index contributed by atoms with van der Waals surface area (Å²) in [6.07, 6.45) is 3.02. The maximum atomic E-state index is 5.76. The van der Waals surface area contributed by atoms with Crippen molar-refractivity contribution in [1.82, 2.24) is 4.31 Å². The first-order valence-corrected chi connectivity index (χ1v) is 11.2. The van der Waals surface area contributed by atoms with Crippen LogP contribution in [0.15, 0.2) is 83.8 Å². The van der Waals surface area contributed by atoms with Crippen molar-refractivity contribution in [2.45, 2.75) is 37.0 Å². The van der Waals surface area contributed by atoms with E-state index in [-0.39, 0.29) is 6.29 Å². The summed E-state index contributed by atoms with van der Waals surface area (Å²) in [5.74, 6) is 0. The van der Waals surface area contributed by atoms with E-state index in [2.05, 4.69) is 71.4 Å². The number of para-hydroxylation sites is 1. The third kappa shape index (κ3) is 5.86. The highest BCUT2D eigenvalue weighted by atomic mass is 32.2. The standard InChI is InChI=1S/C25H28N2O2S/c1-27(19-20-14-16-22(17-15-20)21-9-3-2-4-10-21)30-24-12-6-5-11-23(24)26-29-25-13-7-8-18-28-25/h2-6,9-12,14-17,25-26H,7-8,13,18-19H2,1H3. The molecule has 1 fully saturated rings. The SMILES string of the molecule is CN(Cc1ccc(-c2ccccc2)cc1)Sc1ccccc1NOC1CCCCO1. The summed E-state index contributed by atoms with van der Waals surface area (Å²) in [6, 6.07) is 27.5. The van der Waals surface area contributed by atoms with Crippen LogP contribution in [-0.2, 0) is 16.1 Å². The molecule has 4 nitrogen and oxygen atoms in total. The number of hydrogen-bond donors (Lipinski definition) is 1. The van der Waals surface area contributed by atoms with Crippen LogP contribution in [0.3, 0.4) is 0 Å². The van der Waals surface area contributed by atoms with E-state index in [0.29, 0.717) is 0 Å². The Balaban J connectivity index is 1.34. The molecule has 1 aliphatic heterocycles. The van der Waals surface area contributed by atoms with Crippen LogP contribution in [0.2, 0.25) is 0 Å². The second kappa shape index (κ2) is 10.6. The molecule has 5 heteroatoms. The summed E-state index contributed by atoms with van der Waals surface area (Å²) in [7, 11) is 2.11. The smallest absolute Gasteiger partial charge is 0.183 e. The Bertz CT molecular complexity index is 912. The fourth-order valence-corrected chi connectivity index (χ4v) is 4.35. The van der Waals surface area contributed by atoms with E-state index >= 15 is 0 Å². The lowest BCUT2D eigenvalue weighted by molar-refractivity contribution is -0.145. The molecule has 0 radical (unpaired) electrons. The minimum absolute atomic E-state index is 0.169. The largest absolute Gasteiger partial charge is 0.350 e. The molecule has 1 aliphatic rings. The van der Waals surface area contributed by atoms with Crippen LogP contribution in [0.1, 0.15) is 24.8 Å². The zero-order valence-electron chi connectivity index (χ0n) is 17.3. The van der Waals surface area contributed by atoms with Crippen molar-refractivity contribution in [2.24, 2.45) is 0 Å². The van der Waals surface area contributed by atoms with Crippen molar-refractivity contribution in [3.63, 3.8) is 0 Å². The van der Waals surface area contributed by atoms with Gasteiger partial charge in [-0.25, -0.2) is 9.14 Å². The molecule has 3 aromatic carbocycles. The predicted molar refractivity (Wildman–Crippen MR) is 124 cm³/mol. The number of hydrogen-bond acceptors (Lipinski definition) is 5. The molecule has 30 heavy (non-hydrogen) atoms. The topological polar surface area (TPSA) is 33.7 Å². The number of ether oxygens (including phenoxy) is 1. The second-order valence-electron chi connectivity index (χ2n) is 7.45. The summed E-state index contributed by atoms with van der Waals surface area (Å²) in [5, 5.41) is 0. The lowest BCUT2D eigenvalue weighted by Gasteiger charge is -2.24. The summed E-state index contributed by atoms with van der Waals surface area (Å²) in [5.41, 5.74) is 7.83. The van der Waals surface area contributed by atoms with E-state index in [0.717, 1.165) is 43.0 Å². The Morgan fingerprint density at radius 2 is 1.67 bits per heavy atom. The van der Waals surface area contributed by atoms with Crippen molar-refractivity contribution in [3.8, 4) is 11.1 Å². The van der Waals surface area contributed by atoms with E-state index in [1.165, 1.54) is 16.7 Å². The number of nitrogens with one attached hydrogen (secondary N) is 1. The van der Waals surface area contributed by atoms with Gasteiger partial charge in [0.2, 0.25) is 0 Å². The van der Waals surface area contributed by atoms with Crippen LogP contribution in [0.25, 0.3) is 11.1 Å². The van der Waals surface area contributed by atoms with E-state index in [9.17, 15) is 0 Å². The van der Waals surface area contributed by atoms with Gasteiger partial charge >= 0.3 is 0 Å².